The second-order valence-electron chi connectivity index (χ2n) is 5.30. The summed E-state index contributed by atoms with van der Waals surface area (Å²) < 4.78 is 4.70. The summed E-state index contributed by atoms with van der Waals surface area (Å²) in [6, 6.07) is 19.5. The van der Waals surface area contributed by atoms with Crippen molar-refractivity contribution < 1.29 is 14.3 Å². The zero-order valence-corrected chi connectivity index (χ0v) is 13.3. The zero-order chi connectivity index (χ0) is 16.5. The number of amides is 1. The van der Waals surface area contributed by atoms with Gasteiger partial charge in [0.2, 0.25) is 5.91 Å². The summed E-state index contributed by atoms with van der Waals surface area (Å²) in [6.45, 7) is 0.378. The number of aryl methyl sites for hydroxylation is 1. The van der Waals surface area contributed by atoms with Crippen LogP contribution in [0.25, 0.3) is 0 Å². The van der Waals surface area contributed by atoms with Gasteiger partial charge in [-0.2, -0.15) is 0 Å². The van der Waals surface area contributed by atoms with E-state index in [1.807, 2.05) is 60.7 Å². The van der Waals surface area contributed by atoms with Gasteiger partial charge in [-0.3, -0.25) is 9.59 Å². The molecular weight excluding hydrogens is 290 g/mol. The third kappa shape index (κ3) is 5.58. The molecule has 0 spiro atoms. The van der Waals surface area contributed by atoms with E-state index in [1.54, 1.807) is 4.90 Å². The Morgan fingerprint density at radius 3 is 2.04 bits per heavy atom. The van der Waals surface area contributed by atoms with E-state index in [2.05, 4.69) is 0 Å². The number of ether oxygens (including phenoxy) is 1. The van der Waals surface area contributed by atoms with Crippen LogP contribution in [0.5, 0.6) is 0 Å². The number of hydrogen-bond acceptors (Lipinski definition) is 3. The Morgan fingerprint density at radius 2 is 1.48 bits per heavy atom. The average Bonchev–Trinajstić information content (AvgIpc) is 2.60. The molecular formula is C19H21NO3. The maximum Gasteiger partial charge on any atom is 0.325 e. The summed E-state index contributed by atoms with van der Waals surface area (Å²) in [5, 5.41) is 0. The molecule has 0 heterocycles. The minimum absolute atomic E-state index is 0.0288. The van der Waals surface area contributed by atoms with Crippen molar-refractivity contribution in [2.45, 2.75) is 19.4 Å². The maximum absolute atomic E-state index is 12.5. The number of esters is 1. The van der Waals surface area contributed by atoms with Gasteiger partial charge in [-0.25, -0.2) is 0 Å². The van der Waals surface area contributed by atoms with Crippen LogP contribution in [0.2, 0.25) is 0 Å². The lowest BCUT2D eigenvalue weighted by molar-refractivity contribution is -0.147. The van der Waals surface area contributed by atoms with Crippen LogP contribution in [0, 0.1) is 0 Å². The molecule has 2 aromatic carbocycles. The van der Waals surface area contributed by atoms with Crippen LogP contribution in [-0.4, -0.2) is 30.4 Å². The van der Waals surface area contributed by atoms with E-state index in [0.29, 0.717) is 19.4 Å². The van der Waals surface area contributed by atoms with Crippen LogP contribution in [0.3, 0.4) is 0 Å². The number of benzene rings is 2. The van der Waals surface area contributed by atoms with Gasteiger partial charge in [0.1, 0.15) is 6.54 Å². The molecule has 120 valence electrons. The molecule has 0 aliphatic carbocycles. The van der Waals surface area contributed by atoms with Gasteiger partial charge < -0.3 is 9.64 Å². The predicted molar refractivity (Wildman–Crippen MR) is 88.6 cm³/mol. The van der Waals surface area contributed by atoms with Gasteiger partial charge >= 0.3 is 5.97 Å². The summed E-state index contributed by atoms with van der Waals surface area (Å²) in [6.07, 6.45) is 1.03. The molecule has 0 saturated heterocycles. The van der Waals surface area contributed by atoms with Crippen molar-refractivity contribution >= 4 is 11.9 Å². The smallest absolute Gasteiger partial charge is 0.325 e. The summed E-state index contributed by atoms with van der Waals surface area (Å²) in [7, 11) is 1.33. The third-order valence-electron chi connectivity index (χ3n) is 3.59. The molecule has 0 bridgehead atoms. The first-order chi connectivity index (χ1) is 11.2. The number of carbonyl (C=O) groups excluding carboxylic acids is 2. The minimum atomic E-state index is -0.408. The fourth-order valence-corrected chi connectivity index (χ4v) is 2.31. The first kappa shape index (κ1) is 16.7. The molecule has 23 heavy (non-hydrogen) atoms. The molecule has 0 N–H and O–H groups in total. The van der Waals surface area contributed by atoms with Crippen molar-refractivity contribution in [2.75, 3.05) is 13.7 Å². The fraction of sp³-hybridized carbons (Fsp3) is 0.263. The van der Waals surface area contributed by atoms with Crippen molar-refractivity contribution in [3.63, 3.8) is 0 Å². The summed E-state index contributed by atoms with van der Waals surface area (Å²) in [5.41, 5.74) is 2.10. The first-order valence-corrected chi connectivity index (χ1v) is 7.61. The Labute approximate surface area is 136 Å². The van der Waals surface area contributed by atoms with Gasteiger partial charge in [0, 0.05) is 13.0 Å². The van der Waals surface area contributed by atoms with Crippen molar-refractivity contribution in [3.8, 4) is 0 Å². The normalized spacial score (nSPS) is 10.1. The molecule has 4 nitrogen and oxygen atoms in total. The SMILES string of the molecule is COC(=O)CN(Cc1ccccc1)C(=O)CCc1ccccc1. The highest BCUT2D eigenvalue weighted by molar-refractivity contribution is 5.82. The number of methoxy groups -OCH3 is 1. The number of rotatable bonds is 7. The lowest BCUT2D eigenvalue weighted by Gasteiger charge is -2.21. The van der Waals surface area contributed by atoms with E-state index in [-0.39, 0.29) is 12.5 Å². The van der Waals surface area contributed by atoms with Crippen molar-refractivity contribution in [1.82, 2.24) is 4.90 Å². The molecule has 0 unspecified atom stereocenters. The van der Waals surface area contributed by atoms with Crippen LogP contribution < -0.4 is 0 Å². The minimum Gasteiger partial charge on any atom is -0.468 e. The van der Waals surface area contributed by atoms with E-state index < -0.39 is 5.97 Å². The monoisotopic (exact) mass is 311 g/mol. The van der Waals surface area contributed by atoms with Crippen molar-refractivity contribution in [2.24, 2.45) is 0 Å². The second kappa shape index (κ2) is 8.73. The van der Waals surface area contributed by atoms with Crippen LogP contribution in [0.15, 0.2) is 60.7 Å². The largest absolute Gasteiger partial charge is 0.468 e. The van der Waals surface area contributed by atoms with Crippen LogP contribution in [-0.2, 0) is 27.3 Å². The highest BCUT2D eigenvalue weighted by Gasteiger charge is 2.17. The molecule has 0 fully saturated rings. The topological polar surface area (TPSA) is 46.6 Å². The highest BCUT2D eigenvalue weighted by atomic mass is 16.5. The number of carbonyl (C=O) groups is 2. The second-order valence-corrected chi connectivity index (χ2v) is 5.30. The summed E-state index contributed by atoms with van der Waals surface area (Å²) in [4.78, 5) is 25.6. The molecule has 0 saturated carbocycles. The molecule has 0 aromatic heterocycles. The molecule has 0 aliphatic heterocycles. The lowest BCUT2D eigenvalue weighted by atomic mass is 10.1. The molecule has 2 aromatic rings. The van der Waals surface area contributed by atoms with Crippen molar-refractivity contribution in [3.05, 3.63) is 71.8 Å². The molecule has 0 radical (unpaired) electrons. The maximum atomic E-state index is 12.5. The van der Waals surface area contributed by atoms with E-state index in [0.717, 1.165) is 11.1 Å². The summed E-state index contributed by atoms with van der Waals surface area (Å²) >= 11 is 0. The first-order valence-electron chi connectivity index (χ1n) is 7.61. The van der Waals surface area contributed by atoms with Crippen LogP contribution in [0.4, 0.5) is 0 Å². The average molecular weight is 311 g/mol. The molecule has 1 amide bonds. The third-order valence-corrected chi connectivity index (χ3v) is 3.59. The standard InChI is InChI=1S/C19H21NO3/c1-23-19(22)15-20(14-17-10-6-3-7-11-17)18(21)13-12-16-8-4-2-5-9-16/h2-11H,12-15H2,1H3. The van der Waals surface area contributed by atoms with Gasteiger partial charge in [-0.05, 0) is 17.5 Å². The zero-order valence-electron chi connectivity index (χ0n) is 13.3. The molecule has 0 aliphatic rings. The van der Waals surface area contributed by atoms with Gasteiger partial charge in [0.25, 0.3) is 0 Å². The Bertz CT molecular complexity index is 626. The Morgan fingerprint density at radius 1 is 0.913 bits per heavy atom. The Balaban J connectivity index is 2.00. The molecule has 4 heteroatoms. The fourth-order valence-electron chi connectivity index (χ4n) is 2.31. The van der Waals surface area contributed by atoms with Gasteiger partial charge in [-0.1, -0.05) is 60.7 Å². The Kier molecular flexibility index (Phi) is 6.36. The lowest BCUT2D eigenvalue weighted by Crippen LogP contribution is -2.35. The van der Waals surface area contributed by atoms with Gasteiger partial charge in [0.05, 0.1) is 7.11 Å². The van der Waals surface area contributed by atoms with E-state index in [1.165, 1.54) is 7.11 Å². The highest BCUT2D eigenvalue weighted by Crippen LogP contribution is 2.09. The van der Waals surface area contributed by atoms with Crippen molar-refractivity contribution in [1.29, 1.82) is 0 Å². The van der Waals surface area contributed by atoms with E-state index >= 15 is 0 Å². The van der Waals surface area contributed by atoms with E-state index in [4.69, 9.17) is 4.74 Å². The van der Waals surface area contributed by atoms with E-state index in [9.17, 15) is 9.59 Å². The molecule has 2 rings (SSSR count). The number of hydrogen-bond donors (Lipinski definition) is 0. The quantitative estimate of drug-likeness (QED) is 0.739. The predicted octanol–water partition coefficient (Wildman–Crippen LogP) is 2.82. The van der Waals surface area contributed by atoms with Gasteiger partial charge in [-0.15, -0.1) is 0 Å². The van der Waals surface area contributed by atoms with Crippen LogP contribution in [0.1, 0.15) is 17.5 Å². The van der Waals surface area contributed by atoms with Crippen LogP contribution >= 0.6 is 0 Å². The Hall–Kier alpha value is -2.62. The summed E-state index contributed by atoms with van der Waals surface area (Å²) in [5.74, 6) is -0.461. The molecule has 0 atom stereocenters. The number of nitrogens with zero attached hydrogens (tertiary/aromatic N) is 1. The van der Waals surface area contributed by atoms with Gasteiger partial charge in [0.15, 0.2) is 0 Å².